The molecule has 5 nitrogen and oxygen atoms in total. The number of hydrogen-bond donors (Lipinski definition) is 2. The van der Waals surface area contributed by atoms with Crippen LogP contribution in [0.5, 0.6) is 11.5 Å². The smallest absolute Gasteiger partial charge is 0.407 e. The molecule has 0 aliphatic rings. The van der Waals surface area contributed by atoms with Crippen LogP contribution in [0.3, 0.4) is 0 Å². The lowest BCUT2D eigenvalue weighted by Crippen LogP contribution is -2.33. The zero-order valence-electron chi connectivity index (χ0n) is 11.6. The molecule has 0 heterocycles. The Bertz CT molecular complexity index is 412. The number of aromatic hydroxyl groups is 1. The van der Waals surface area contributed by atoms with E-state index >= 15 is 0 Å². The second-order valence-electron chi connectivity index (χ2n) is 5.13. The molecule has 1 aromatic carbocycles. The SMILES string of the molecule is CC(C)(C)OC(=O)NCCCOc1cccc(O)c1. The van der Waals surface area contributed by atoms with Crippen LogP contribution in [0, 0.1) is 0 Å². The van der Waals surface area contributed by atoms with Crippen LogP contribution in [-0.2, 0) is 4.74 Å². The molecule has 0 bridgehead atoms. The van der Waals surface area contributed by atoms with Crippen LogP contribution in [0.25, 0.3) is 0 Å². The highest BCUT2D eigenvalue weighted by molar-refractivity contribution is 5.67. The first kappa shape index (κ1) is 15.1. The van der Waals surface area contributed by atoms with Crippen molar-refractivity contribution >= 4 is 6.09 Å². The highest BCUT2D eigenvalue weighted by Crippen LogP contribution is 2.17. The summed E-state index contributed by atoms with van der Waals surface area (Å²) in [5.74, 6) is 0.779. The quantitative estimate of drug-likeness (QED) is 0.805. The molecule has 0 saturated carbocycles. The van der Waals surface area contributed by atoms with E-state index in [9.17, 15) is 9.90 Å². The van der Waals surface area contributed by atoms with Crippen LogP contribution in [0.2, 0.25) is 0 Å². The minimum Gasteiger partial charge on any atom is -0.508 e. The third-order valence-corrected chi connectivity index (χ3v) is 2.08. The summed E-state index contributed by atoms with van der Waals surface area (Å²) < 4.78 is 10.5. The van der Waals surface area contributed by atoms with E-state index in [2.05, 4.69) is 5.32 Å². The lowest BCUT2D eigenvalue weighted by atomic mass is 10.2. The molecule has 0 saturated heterocycles. The normalized spacial score (nSPS) is 10.9. The predicted octanol–water partition coefficient (Wildman–Crippen LogP) is 2.69. The first-order valence-corrected chi connectivity index (χ1v) is 6.25. The van der Waals surface area contributed by atoms with E-state index in [0.29, 0.717) is 25.3 Å². The van der Waals surface area contributed by atoms with Gasteiger partial charge < -0.3 is 19.9 Å². The Hall–Kier alpha value is -1.91. The average Bonchev–Trinajstić information content (AvgIpc) is 2.26. The van der Waals surface area contributed by atoms with E-state index in [0.717, 1.165) is 0 Å². The van der Waals surface area contributed by atoms with Gasteiger partial charge in [-0.05, 0) is 39.3 Å². The van der Waals surface area contributed by atoms with Crippen molar-refractivity contribution in [1.82, 2.24) is 5.32 Å². The third kappa shape index (κ3) is 7.18. The van der Waals surface area contributed by atoms with Gasteiger partial charge in [-0.3, -0.25) is 0 Å². The molecule has 0 unspecified atom stereocenters. The molecule has 19 heavy (non-hydrogen) atoms. The fourth-order valence-corrected chi connectivity index (χ4v) is 1.34. The summed E-state index contributed by atoms with van der Waals surface area (Å²) in [6.45, 7) is 6.39. The second-order valence-corrected chi connectivity index (χ2v) is 5.13. The van der Waals surface area contributed by atoms with Gasteiger partial charge in [-0.1, -0.05) is 6.07 Å². The first-order chi connectivity index (χ1) is 8.87. The molecule has 0 spiro atoms. The summed E-state index contributed by atoms with van der Waals surface area (Å²) in [5.41, 5.74) is -0.484. The zero-order chi connectivity index (χ0) is 14.3. The van der Waals surface area contributed by atoms with Crippen molar-refractivity contribution in [2.45, 2.75) is 32.8 Å². The Labute approximate surface area is 113 Å². The number of ether oxygens (including phenoxy) is 2. The maximum atomic E-state index is 11.3. The summed E-state index contributed by atoms with van der Waals surface area (Å²) in [6.07, 6.45) is 0.236. The van der Waals surface area contributed by atoms with Crippen molar-refractivity contribution in [1.29, 1.82) is 0 Å². The molecule has 106 valence electrons. The minimum atomic E-state index is -0.484. The van der Waals surface area contributed by atoms with Gasteiger partial charge in [0.05, 0.1) is 6.61 Å². The van der Waals surface area contributed by atoms with Gasteiger partial charge in [0.25, 0.3) is 0 Å². The van der Waals surface area contributed by atoms with Crippen molar-refractivity contribution in [3.8, 4) is 11.5 Å². The van der Waals surface area contributed by atoms with Crippen LogP contribution in [0.15, 0.2) is 24.3 Å². The van der Waals surface area contributed by atoms with Crippen LogP contribution < -0.4 is 10.1 Å². The molecule has 0 fully saturated rings. The summed E-state index contributed by atoms with van der Waals surface area (Å²) in [7, 11) is 0. The summed E-state index contributed by atoms with van der Waals surface area (Å²) >= 11 is 0. The maximum absolute atomic E-state index is 11.3. The largest absolute Gasteiger partial charge is 0.508 e. The van der Waals surface area contributed by atoms with Crippen LogP contribution in [0.4, 0.5) is 4.79 Å². The number of carbonyl (C=O) groups is 1. The number of phenols is 1. The first-order valence-electron chi connectivity index (χ1n) is 6.25. The number of hydrogen-bond acceptors (Lipinski definition) is 4. The topological polar surface area (TPSA) is 67.8 Å². The van der Waals surface area contributed by atoms with E-state index < -0.39 is 11.7 Å². The molecule has 1 aromatic rings. The van der Waals surface area contributed by atoms with Gasteiger partial charge in [0.2, 0.25) is 0 Å². The van der Waals surface area contributed by atoms with Gasteiger partial charge in [-0.25, -0.2) is 4.79 Å². The van der Waals surface area contributed by atoms with E-state index in [4.69, 9.17) is 9.47 Å². The standard InChI is InChI=1S/C14H21NO4/c1-14(2,3)19-13(17)15-8-5-9-18-12-7-4-6-11(16)10-12/h4,6-7,10,16H,5,8-9H2,1-3H3,(H,15,17). The Morgan fingerprint density at radius 3 is 2.74 bits per heavy atom. The maximum Gasteiger partial charge on any atom is 0.407 e. The average molecular weight is 267 g/mol. The molecule has 0 aliphatic heterocycles. The highest BCUT2D eigenvalue weighted by atomic mass is 16.6. The third-order valence-electron chi connectivity index (χ3n) is 2.08. The number of phenolic OH excluding ortho intramolecular Hbond substituents is 1. The van der Waals surface area contributed by atoms with Gasteiger partial charge in [0.1, 0.15) is 17.1 Å². The second kappa shape index (κ2) is 6.87. The number of rotatable bonds is 5. The molecule has 0 radical (unpaired) electrons. The lowest BCUT2D eigenvalue weighted by molar-refractivity contribution is 0.0525. The molecule has 0 atom stereocenters. The zero-order valence-corrected chi connectivity index (χ0v) is 11.6. The Morgan fingerprint density at radius 2 is 2.11 bits per heavy atom. The molecule has 1 rings (SSSR count). The minimum absolute atomic E-state index is 0.171. The molecular weight excluding hydrogens is 246 g/mol. The molecule has 2 N–H and O–H groups in total. The van der Waals surface area contributed by atoms with Crippen molar-refractivity contribution in [3.05, 3.63) is 24.3 Å². The molecular formula is C14H21NO4. The summed E-state index contributed by atoms with van der Waals surface area (Å²) in [4.78, 5) is 11.3. The van der Waals surface area contributed by atoms with Crippen molar-refractivity contribution in [2.24, 2.45) is 0 Å². The highest BCUT2D eigenvalue weighted by Gasteiger charge is 2.15. The van der Waals surface area contributed by atoms with E-state index in [1.807, 2.05) is 20.8 Å². The number of alkyl carbamates (subject to hydrolysis) is 1. The molecule has 5 heteroatoms. The monoisotopic (exact) mass is 267 g/mol. The Balaban J connectivity index is 2.13. The van der Waals surface area contributed by atoms with Crippen LogP contribution in [-0.4, -0.2) is 30.0 Å². The van der Waals surface area contributed by atoms with Crippen molar-refractivity contribution in [3.63, 3.8) is 0 Å². The fourth-order valence-electron chi connectivity index (χ4n) is 1.34. The van der Waals surface area contributed by atoms with Crippen LogP contribution >= 0.6 is 0 Å². The van der Waals surface area contributed by atoms with Gasteiger partial charge in [-0.15, -0.1) is 0 Å². The predicted molar refractivity (Wildman–Crippen MR) is 72.5 cm³/mol. The van der Waals surface area contributed by atoms with Gasteiger partial charge in [0.15, 0.2) is 0 Å². The number of amides is 1. The van der Waals surface area contributed by atoms with Gasteiger partial charge in [0, 0.05) is 12.6 Å². The van der Waals surface area contributed by atoms with Gasteiger partial charge in [-0.2, -0.15) is 0 Å². The molecule has 1 amide bonds. The lowest BCUT2D eigenvalue weighted by Gasteiger charge is -2.19. The molecule has 0 aliphatic carbocycles. The Kier molecular flexibility index (Phi) is 5.48. The summed E-state index contributed by atoms with van der Waals surface area (Å²) in [6, 6.07) is 6.60. The Morgan fingerprint density at radius 1 is 1.37 bits per heavy atom. The number of carbonyl (C=O) groups excluding carboxylic acids is 1. The summed E-state index contributed by atoms with van der Waals surface area (Å²) in [5, 5.41) is 11.9. The van der Waals surface area contributed by atoms with E-state index in [1.165, 1.54) is 0 Å². The van der Waals surface area contributed by atoms with Crippen LogP contribution in [0.1, 0.15) is 27.2 Å². The van der Waals surface area contributed by atoms with E-state index in [-0.39, 0.29) is 5.75 Å². The van der Waals surface area contributed by atoms with Crippen molar-refractivity contribution < 1.29 is 19.4 Å². The number of nitrogens with one attached hydrogen (secondary N) is 1. The number of benzene rings is 1. The van der Waals surface area contributed by atoms with Crippen molar-refractivity contribution in [2.75, 3.05) is 13.2 Å². The van der Waals surface area contributed by atoms with Gasteiger partial charge >= 0.3 is 6.09 Å². The van der Waals surface area contributed by atoms with E-state index in [1.54, 1.807) is 24.3 Å². The molecule has 0 aromatic heterocycles. The fraction of sp³-hybridized carbons (Fsp3) is 0.500.